The van der Waals surface area contributed by atoms with Gasteiger partial charge in [0.25, 0.3) is 0 Å². The van der Waals surface area contributed by atoms with Crippen molar-refractivity contribution in [3.63, 3.8) is 0 Å². The van der Waals surface area contributed by atoms with Crippen molar-refractivity contribution in [3.05, 3.63) is 42.2 Å². The number of amides is 1. The molecular formula is C20H25N5O3. The van der Waals surface area contributed by atoms with E-state index in [0.717, 1.165) is 11.1 Å². The van der Waals surface area contributed by atoms with Gasteiger partial charge in [0.05, 0.1) is 25.0 Å². The Morgan fingerprint density at radius 2 is 1.93 bits per heavy atom. The SMILES string of the molecule is COc1ccc(C(N(C(=O)O)c2nc(N)cc3c2ncn3C)C(C)(C)C)cc1. The number of benzene rings is 1. The number of hydrogen-bond donors (Lipinski definition) is 2. The van der Waals surface area contributed by atoms with Crippen LogP contribution in [-0.2, 0) is 7.05 Å². The second kappa shape index (κ2) is 7.03. The third-order valence-corrected chi connectivity index (χ3v) is 4.66. The van der Waals surface area contributed by atoms with Gasteiger partial charge in [-0.25, -0.2) is 14.8 Å². The summed E-state index contributed by atoms with van der Waals surface area (Å²) in [6, 6.07) is 8.54. The Kier molecular flexibility index (Phi) is 4.89. The first-order chi connectivity index (χ1) is 13.1. The molecule has 1 atom stereocenters. The molecule has 0 aliphatic rings. The highest BCUT2D eigenvalue weighted by Gasteiger charge is 2.38. The fourth-order valence-corrected chi connectivity index (χ4v) is 3.44. The van der Waals surface area contributed by atoms with Crippen molar-refractivity contribution in [2.24, 2.45) is 12.5 Å². The van der Waals surface area contributed by atoms with Gasteiger partial charge in [-0.15, -0.1) is 0 Å². The Hall–Kier alpha value is -3.29. The third-order valence-electron chi connectivity index (χ3n) is 4.66. The summed E-state index contributed by atoms with van der Waals surface area (Å²) in [5.41, 5.74) is 7.59. The molecule has 0 radical (unpaired) electrons. The van der Waals surface area contributed by atoms with Crippen LogP contribution >= 0.6 is 0 Å². The van der Waals surface area contributed by atoms with E-state index >= 15 is 0 Å². The lowest BCUT2D eigenvalue weighted by Gasteiger charge is -2.38. The maximum atomic E-state index is 12.4. The summed E-state index contributed by atoms with van der Waals surface area (Å²) in [5.74, 6) is 1.16. The lowest BCUT2D eigenvalue weighted by molar-refractivity contribution is 0.189. The molecule has 2 heterocycles. The third kappa shape index (κ3) is 3.45. The van der Waals surface area contributed by atoms with Gasteiger partial charge in [0.1, 0.15) is 17.1 Å². The Labute approximate surface area is 163 Å². The number of aromatic nitrogens is 3. The van der Waals surface area contributed by atoms with Gasteiger partial charge >= 0.3 is 6.09 Å². The van der Waals surface area contributed by atoms with E-state index in [2.05, 4.69) is 9.97 Å². The first-order valence-corrected chi connectivity index (χ1v) is 8.87. The van der Waals surface area contributed by atoms with Crippen LogP contribution in [0.2, 0.25) is 0 Å². The minimum atomic E-state index is -1.12. The molecule has 0 bridgehead atoms. The number of nitrogens with zero attached hydrogens (tertiary/aromatic N) is 4. The van der Waals surface area contributed by atoms with Gasteiger partial charge in [-0.3, -0.25) is 4.90 Å². The number of carboxylic acid groups (broad SMARTS) is 1. The van der Waals surface area contributed by atoms with E-state index in [0.29, 0.717) is 11.3 Å². The minimum absolute atomic E-state index is 0.221. The maximum Gasteiger partial charge on any atom is 0.413 e. The molecule has 1 aromatic carbocycles. The second-order valence-electron chi connectivity index (χ2n) is 7.79. The van der Waals surface area contributed by atoms with Crippen molar-refractivity contribution < 1.29 is 14.6 Å². The molecule has 1 unspecified atom stereocenters. The Bertz CT molecular complexity index is 1010. The molecule has 1 amide bonds. The summed E-state index contributed by atoms with van der Waals surface area (Å²) in [4.78, 5) is 22.4. The van der Waals surface area contributed by atoms with E-state index in [1.807, 2.05) is 52.1 Å². The van der Waals surface area contributed by atoms with Crippen LogP contribution < -0.4 is 15.4 Å². The highest BCUT2D eigenvalue weighted by atomic mass is 16.5. The van der Waals surface area contributed by atoms with Crippen LogP contribution in [-0.4, -0.2) is 32.8 Å². The minimum Gasteiger partial charge on any atom is -0.497 e. The lowest BCUT2D eigenvalue weighted by Crippen LogP contribution is -2.41. The molecule has 3 rings (SSSR count). The van der Waals surface area contributed by atoms with Crippen molar-refractivity contribution in [1.82, 2.24) is 14.5 Å². The summed E-state index contributed by atoms with van der Waals surface area (Å²) in [7, 11) is 3.42. The van der Waals surface area contributed by atoms with Gasteiger partial charge in [0.2, 0.25) is 0 Å². The lowest BCUT2D eigenvalue weighted by atomic mass is 9.81. The van der Waals surface area contributed by atoms with E-state index < -0.39 is 17.6 Å². The monoisotopic (exact) mass is 383 g/mol. The summed E-state index contributed by atoms with van der Waals surface area (Å²) >= 11 is 0. The summed E-state index contributed by atoms with van der Waals surface area (Å²) in [5, 5.41) is 10.2. The molecular weight excluding hydrogens is 358 g/mol. The number of ether oxygens (including phenoxy) is 1. The maximum absolute atomic E-state index is 12.4. The van der Waals surface area contributed by atoms with E-state index in [9.17, 15) is 9.90 Å². The normalized spacial score (nSPS) is 12.8. The Balaban J connectivity index is 2.25. The number of imidazole rings is 1. The fraction of sp³-hybridized carbons (Fsp3) is 0.350. The van der Waals surface area contributed by atoms with E-state index in [1.54, 1.807) is 24.1 Å². The zero-order chi connectivity index (χ0) is 20.6. The molecule has 28 heavy (non-hydrogen) atoms. The standard InChI is InChI=1S/C20H25N5O3/c1-20(2,3)17(12-6-8-13(28-5)9-7-12)25(19(26)27)18-16-14(10-15(21)23-18)24(4)11-22-16/h6-11,17H,1-5H3,(H2,21,23)(H,26,27). The van der Waals surface area contributed by atoms with Gasteiger partial charge in [0.15, 0.2) is 5.82 Å². The number of fused-ring (bicyclic) bond motifs is 1. The molecule has 8 heteroatoms. The predicted octanol–water partition coefficient (Wildman–Crippen LogP) is 3.83. The summed E-state index contributed by atoms with van der Waals surface area (Å²) < 4.78 is 7.02. The molecule has 0 aliphatic carbocycles. The molecule has 0 aliphatic heterocycles. The number of aryl methyl sites for hydroxylation is 1. The number of nitrogens with two attached hydrogens (primary N) is 1. The molecule has 2 aromatic heterocycles. The smallest absolute Gasteiger partial charge is 0.413 e. The van der Waals surface area contributed by atoms with Crippen LogP contribution in [0.4, 0.5) is 16.4 Å². The van der Waals surface area contributed by atoms with E-state index in [-0.39, 0.29) is 11.6 Å². The van der Waals surface area contributed by atoms with E-state index in [1.165, 1.54) is 4.90 Å². The zero-order valence-corrected chi connectivity index (χ0v) is 16.7. The van der Waals surface area contributed by atoms with Crippen molar-refractivity contribution in [1.29, 1.82) is 0 Å². The predicted molar refractivity (Wildman–Crippen MR) is 109 cm³/mol. The number of hydrogen-bond acceptors (Lipinski definition) is 5. The average Bonchev–Trinajstić information content (AvgIpc) is 2.99. The van der Waals surface area contributed by atoms with Gasteiger partial charge in [-0.05, 0) is 23.1 Å². The fourth-order valence-electron chi connectivity index (χ4n) is 3.44. The highest BCUT2D eigenvalue weighted by Crippen LogP contribution is 2.42. The van der Waals surface area contributed by atoms with Crippen molar-refractivity contribution in [3.8, 4) is 5.75 Å². The van der Waals surface area contributed by atoms with Gasteiger partial charge in [-0.2, -0.15) is 0 Å². The number of methoxy groups -OCH3 is 1. The Morgan fingerprint density at radius 3 is 2.46 bits per heavy atom. The van der Waals surface area contributed by atoms with Crippen molar-refractivity contribution >= 4 is 28.8 Å². The number of nitrogen functional groups attached to an aromatic ring is 1. The first-order valence-electron chi connectivity index (χ1n) is 8.87. The largest absolute Gasteiger partial charge is 0.497 e. The highest BCUT2D eigenvalue weighted by molar-refractivity contribution is 5.97. The van der Waals surface area contributed by atoms with Crippen LogP contribution in [0.5, 0.6) is 5.75 Å². The molecule has 0 spiro atoms. The molecule has 8 nitrogen and oxygen atoms in total. The molecule has 3 aromatic rings. The number of carbonyl (C=O) groups is 1. The van der Waals surface area contributed by atoms with Crippen LogP contribution in [0.3, 0.4) is 0 Å². The topological polar surface area (TPSA) is 106 Å². The van der Waals surface area contributed by atoms with E-state index in [4.69, 9.17) is 10.5 Å². The van der Waals surface area contributed by atoms with Gasteiger partial charge in [-0.1, -0.05) is 32.9 Å². The van der Waals surface area contributed by atoms with Gasteiger partial charge in [0, 0.05) is 13.1 Å². The van der Waals surface area contributed by atoms with Gasteiger partial charge < -0.3 is 20.1 Å². The van der Waals surface area contributed by atoms with Crippen LogP contribution in [0, 0.1) is 5.41 Å². The Morgan fingerprint density at radius 1 is 1.29 bits per heavy atom. The molecule has 3 N–H and O–H groups in total. The molecule has 148 valence electrons. The average molecular weight is 383 g/mol. The molecule has 0 fully saturated rings. The number of rotatable bonds is 4. The second-order valence-corrected chi connectivity index (χ2v) is 7.79. The number of anilines is 2. The molecule has 0 saturated heterocycles. The zero-order valence-electron chi connectivity index (χ0n) is 16.7. The quantitative estimate of drug-likeness (QED) is 0.709. The van der Waals surface area contributed by atoms with Crippen LogP contribution in [0.25, 0.3) is 11.0 Å². The first kappa shape index (κ1) is 19.5. The van der Waals surface area contributed by atoms with Crippen molar-refractivity contribution in [2.45, 2.75) is 26.8 Å². The summed E-state index contributed by atoms with van der Waals surface area (Å²) in [6.45, 7) is 5.96. The molecule has 0 saturated carbocycles. The number of pyridine rings is 1. The summed E-state index contributed by atoms with van der Waals surface area (Å²) in [6.07, 6.45) is 0.496. The van der Waals surface area contributed by atoms with Crippen LogP contribution in [0.1, 0.15) is 32.4 Å². The van der Waals surface area contributed by atoms with Crippen molar-refractivity contribution in [2.75, 3.05) is 17.7 Å². The van der Waals surface area contributed by atoms with Crippen LogP contribution in [0.15, 0.2) is 36.7 Å².